The number of piperidine rings is 1. The third-order valence-electron chi connectivity index (χ3n) is 2.55. The average Bonchev–Trinajstić information content (AvgIpc) is 2.31. The number of rotatable bonds is 2. The second-order valence-corrected chi connectivity index (χ2v) is 3.71. The Labute approximate surface area is 102 Å². The SMILES string of the molecule is Cl.N#Cc1cccc(OC2CCNCC2)c1. The van der Waals surface area contributed by atoms with Crippen LogP contribution in [-0.2, 0) is 0 Å². The highest BCUT2D eigenvalue weighted by Gasteiger charge is 2.14. The molecule has 2 rings (SSSR count). The maximum Gasteiger partial charge on any atom is 0.121 e. The zero-order chi connectivity index (χ0) is 10.5. The average molecular weight is 239 g/mol. The fraction of sp³-hybridized carbons (Fsp3) is 0.417. The van der Waals surface area contributed by atoms with Crippen LogP contribution in [0, 0.1) is 11.3 Å². The molecule has 0 amide bonds. The van der Waals surface area contributed by atoms with Gasteiger partial charge in [-0.1, -0.05) is 6.07 Å². The summed E-state index contributed by atoms with van der Waals surface area (Å²) >= 11 is 0. The molecule has 16 heavy (non-hydrogen) atoms. The van der Waals surface area contributed by atoms with Crippen molar-refractivity contribution in [2.45, 2.75) is 18.9 Å². The van der Waals surface area contributed by atoms with E-state index in [2.05, 4.69) is 11.4 Å². The van der Waals surface area contributed by atoms with Gasteiger partial charge in [0.15, 0.2) is 0 Å². The molecule has 0 radical (unpaired) electrons. The molecule has 0 bridgehead atoms. The second kappa shape index (κ2) is 6.37. The van der Waals surface area contributed by atoms with E-state index in [1.165, 1.54) is 0 Å². The van der Waals surface area contributed by atoms with Crippen LogP contribution in [0.1, 0.15) is 18.4 Å². The van der Waals surface area contributed by atoms with Crippen LogP contribution in [0.2, 0.25) is 0 Å². The van der Waals surface area contributed by atoms with E-state index >= 15 is 0 Å². The predicted molar refractivity (Wildman–Crippen MR) is 64.9 cm³/mol. The highest BCUT2D eigenvalue weighted by Crippen LogP contribution is 2.17. The Morgan fingerprint density at radius 3 is 2.75 bits per heavy atom. The summed E-state index contributed by atoms with van der Waals surface area (Å²) in [6.45, 7) is 2.03. The third kappa shape index (κ3) is 3.41. The summed E-state index contributed by atoms with van der Waals surface area (Å²) < 4.78 is 5.81. The van der Waals surface area contributed by atoms with Crippen molar-refractivity contribution in [2.75, 3.05) is 13.1 Å². The normalized spacial score (nSPS) is 15.9. The van der Waals surface area contributed by atoms with E-state index < -0.39 is 0 Å². The van der Waals surface area contributed by atoms with E-state index in [1.807, 2.05) is 12.1 Å². The van der Waals surface area contributed by atoms with E-state index in [0.717, 1.165) is 31.7 Å². The van der Waals surface area contributed by atoms with Crippen molar-refractivity contribution >= 4 is 12.4 Å². The zero-order valence-corrected chi connectivity index (χ0v) is 9.80. The van der Waals surface area contributed by atoms with E-state index in [9.17, 15) is 0 Å². The van der Waals surface area contributed by atoms with Crippen LogP contribution >= 0.6 is 12.4 Å². The van der Waals surface area contributed by atoms with E-state index in [0.29, 0.717) is 11.7 Å². The van der Waals surface area contributed by atoms with Crippen molar-refractivity contribution < 1.29 is 4.74 Å². The number of nitrogens with zero attached hydrogens (tertiary/aromatic N) is 1. The van der Waals surface area contributed by atoms with Crippen molar-refractivity contribution in [3.8, 4) is 11.8 Å². The zero-order valence-electron chi connectivity index (χ0n) is 8.98. The minimum atomic E-state index is 0. The van der Waals surface area contributed by atoms with Crippen molar-refractivity contribution in [2.24, 2.45) is 0 Å². The van der Waals surface area contributed by atoms with Gasteiger partial charge in [0.25, 0.3) is 0 Å². The molecule has 1 heterocycles. The van der Waals surface area contributed by atoms with Crippen molar-refractivity contribution in [1.82, 2.24) is 5.32 Å². The molecule has 86 valence electrons. The van der Waals surface area contributed by atoms with Gasteiger partial charge in [-0.3, -0.25) is 0 Å². The smallest absolute Gasteiger partial charge is 0.121 e. The van der Waals surface area contributed by atoms with Crippen molar-refractivity contribution in [3.05, 3.63) is 29.8 Å². The molecule has 1 saturated heterocycles. The first-order valence-electron chi connectivity index (χ1n) is 5.26. The van der Waals surface area contributed by atoms with Crippen LogP contribution < -0.4 is 10.1 Å². The molecular formula is C12H15ClN2O. The topological polar surface area (TPSA) is 45.0 Å². The van der Waals surface area contributed by atoms with Gasteiger partial charge in [-0.05, 0) is 44.1 Å². The first kappa shape index (κ1) is 12.8. The van der Waals surface area contributed by atoms with Crippen LogP contribution in [0.5, 0.6) is 5.75 Å². The molecule has 0 aromatic heterocycles. The Bertz CT molecular complexity index is 370. The molecule has 1 aromatic carbocycles. The highest BCUT2D eigenvalue weighted by atomic mass is 35.5. The second-order valence-electron chi connectivity index (χ2n) is 3.71. The quantitative estimate of drug-likeness (QED) is 0.859. The molecule has 1 aliphatic rings. The molecule has 3 nitrogen and oxygen atoms in total. The van der Waals surface area contributed by atoms with Gasteiger partial charge in [-0.15, -0.1) is 12.4 Å². The number of hydrogen-bond acceptors (Lipinski definition) is 3. The Kier molecular flexibility index (Phi) is 5.10. The standard InChI is InChI=1S/C12H14N2O.ClH/c13-9-10-2-1-3-12(8-10)15-11-4-6-14-7-5-11;/h1-3,8,11,14H,4-7H2;1H. The van der Waals surface area contributed by atoms with Crippen LogP contribution in [0.3, 0.4) is 0 Å². The monoisotopic (exact) mass is 238 g/mol. The molecule has 4 heteroatoms. The number of benzene rings is 1. The van der Waals surface area contributed by atoms with Crippen molar-refractivity contribution in [1.29, 1.82) is 5.26 Å². The lowest BCUT2D eigenvalue weighted by molar-refractivity contribution is 0.162. The molecule has 1 fully saturated rings. The van der Waals surface area contributed by atoms with Gasteiger partial charge < -0.3 is 10.1 Å². The van der Waals surface area contributed by atoms with Gasteiger partial charge >= 0.3 is 0 Å². The van der Waals surface area contributed by atoms with Crippen LogP contribution in [0.25, 0.3) is 0 Å². The lowest BCUT2D eigenvalue weighted by Gasteiger charge is -2.23. The Morgan fingerprint density at radius 2 is 2.06 bits per heavy atom. The van der Waals surface area contributed by atoms with Crippen LogP contribution in [0.15, 0.2) is 24.3 Å². The minimum absolute atomic E-state index is 0. The predicted octanol–water partition coefficient (Wildman–Crippen LogP) is 2.11. The van der Waals surface area contributed by atoms with E-state index in [-0.39, 0.29) is 12.4 Å². The van der Waals surface area contributed by atoms with Crippen LogP contribution in [-0.4, -0.2) is 19.2 Å². The van der Waals surface area contributed by atoms with E-state index in [1.54, 1.807) is 12.1 Å². The number of halogens is 1. The Hall–Kier alpha value is -1.24. The third-order valence-corrected chi connectivity index (χ3v) is 2.55. The lowest BCUT2D eigenvalue weighted by Crippen LogP contribution is -2.34. The van der Waals surface area contributed by atoms with Crippen LogP contribution in [0.4, 0.5) is 0 Å². The van der Waals surface area contributed by atoms with Gasteiger partial charge in [-0.2, -0.15) is 5.26 Å². The largest absolute Gasteiger partial charge is 0.490 e. The molecule has 0 spiro atoms. The Morgan fingerprint density at radius 1 is 1.31 bits per heavy atom. The van der Waals surface area contributed by atoms with Gasteiger partial charge in [0.1, 0.15) is 11.9 Å². The molecule has 1 N–H and O–H groups in total. The lowest BCUT2D eigenvalue weighted by atomic mass is 10.1. The van der Waals surface area contributed by atoms with Gasteiger partial charge in [0.05, 0.1) is 11.6 Å². The molecule has 1 aromatic rings. The highest BCUT2D eigenvalue weighted by molar-refractivity contribution is 5.85. The molecule has 0 aliphatic carbocycles. The fourth-order valence-electron chi connectivity index (χ4n) is 1.74. The summed E-state index contributed by atoms with van der Waals surface area (Å²) in [6, 6.07) is 9.45. The summed E-state index contributed by atoms with van der Waals surface area (Å²) in [7, 11) is 0. The van der Waals surface area contributed by atoms with Gasteiger partial charge in [0, 0.05) is 0 Å². The number of ether oxygens (including phenoxy) is 1. The summed E-state index contributed by atoms with van der Waals surface area (Å²) in [5.74, 6) is 0.806. The van der Waals surface area contributed by atoms with E-state index in [4.69, 9.17) is 10.00 Å². The summed E-state index contributed by atoms with van der Waals surface area (Å²) in [4.78, 5) is 0. The fourth-order valence-corrected chi connectivity index (χ4v) is 1.74. The number of hydrogen-bond donors (Lipinski definition) is 1. The molecule has 0 atom stereocenters. The molecular weight excluding hydrogens is 224 g/mol. The summed E-state index contributed by atoms with van der Waals surface area (Å²) in [6.07, 6.45) is 2.37. The molecule has 0 saturated carbocycles. The van der Waals surface area contributed by atoms with Crippen molar-refractivity contribution in [3.63, 3.8) is 0 Å². The van der Waals surface area contributed by atoms with Gasteiger partial charge in [0.2, 0.25) is 0 Å². The first-order valence-corrected chi connectivity index (χ1v) is 5.26. The van der Waals surface area contributed by atoms with Gasteiger partial charge in [-0.25, -0.2) is 0 Å². The first-order chi connectivity index (χ1) is 7.38. The maximum absolute atomic E-state index is 8.75. The maximum atomic E-state index is 8.75. The summed E-state index contributed by atoms with van der Waals surface area (Å²) in [5, 5.41) is 12.0. The molecule has 1 aliphatic heterocycles. The molecule has 0 unspecified atom stereocenters. The minimum Gasteiger partial charge on any atom is -0.490 e. The number of nitrogens with one attached hydrogen (secondary N) is 1. The number of nitriles is 1. The summed E-state index contributed by atoms with van der Waals surface area (Å²) in [5.41, 5.74) is 0.654. The Balaban J connectivity index is 0.00000128.